The van der Waals surface area contributed by atoms with Crippen molar-refractivity contribution >= 4 is 8.80 Å². The van der Waals surface area contributed by atoms with E-state index in [4.69, 9.17) is 13.3 Å². The summed E-state index contributed by atoms with van der Waals surface area (Å²) in [5, 5.41) is 0. The summed E-state index contributed by atoms with van der Waals surface area (Å²) in [4.78, 5) is 0. The van der Waals surface area contributed by atoms with Crippen LogP contribution in [0.15, 0.2) is 24.3 Å². The van der Waals surface area contributed by atoms with Gasteiger partial charge in [-0.15, -0.1) is 0 Å². The summed E-state index contributed by atoms with van der Waals surface area (Å²) in [5.74, 6) is 0. The molecule has 0 fully saturated rings. The van der Waals surface area contributed by atoms with Crippen molar-refractivity contribution in [3.63, 3.8) is 0 Å². The van der Waals surface area contributed by atoms with Crippen molar-refractivity contribution in [1.82, 2.24) is 0 Å². The highest BCUT2D eigenvalue weighted by molar-refractivity contribution is 6.63. The molecule has 0 atom stereocenters. The van der Waals surface area contributed by atoms with E-state index in [1.165, 1.54) is 0 Å². The molecule has 0 amide bonds. The lowest BCUT2D eigenvalue weighted by Gasteiger charge is -2.38. The van der Waals surface area contributed by atoms with E-state index >= 15 is 0 Å². The molecule has 3 nitrogen and oxygen atoms in total. The summed E-state index contributed by atoms with van der Waals surface area (Å²) in [5.41, 5.74) is 0.119. The van der Waals surface area contributed by atoms with Gasteiger partial charge in [-0.1, -0.05) is 24.3 Å². The van der Waals surface area contributed by atoms with Gasteiger partial charge in [0.15, 0.2) is 0 Å². The zero-order valence-corrected chi connectivity index (χ0v) is 14.1. The lowest BCUT2D eigenvalue weighted by molar-refractivity contribution is 0.00115. The summed E-state index contributed by atoms with van der Waals surface area (Å²) in [7, 11) is -2.76. The number of rotatable bonds is 7. The summed E-state index contributed by atoms with van der Waals surface area (Å²) in [6.07, 6.45) is 9.89. The van der Waals surface area contributed by atoms with Gasteiger partial charge in [0.2, 0.25) is 0 Å². The van der Waals surface area contributed by atoms with Gasteiger partial charge in [-0.25, -0.2) is 0 Å². The Morgan fingerprint density at radius 1 is 0.789 bits per heavy atom. The third kappa shape index (κ3) is 5.22. The Morgan fingerprint density at radius 3 is 1.47 bits per heavy atom. The minimum Gasteiger partial charge on any atom is -0.370 e. The average Bonchev–Trinajstić information content (AvgIpc) is 2.27. The molecular formula is C15H28O3Si. The number of hydrogen-bond acceptors (Lipinski definition) is 3. The lowest BCUT2D eigenvalue weighted by Crippen LogP contribution is -2.53. The zero-order valence-electron chi connectivity index (χ0n) is 13.1. The van der Waals surface area contributed by atoms with E-state index in [1.807, 2.05) is 41.5 Å². The van der Waals surface area contributed by atoms with Crippen molar-refractivity contribution in [2.45, 2.75) is 71.8 Å². The van der Waals surface area contributed by atoms with Gasteiger partial charge in [0.05, 0.1) is 5.54 Å². The monoisotopic (exact) mass is 284 g/mol. The molecule has 0 bridgehead atoms. The molecule has 0 unspecified atom stereocenters. The molecular weight excluding hydrogens is 256 g/mol. The van der Waals surface area contributed by atoms with Gasteiger partial charge in [0, 0.05) is 18.3 Å². The van der Waals surface area contributed by atoms with Crippen molar-refractivity contribution in [2.75, 3.05) is 0 Å². The van der Waals surface area contributed by atoms with Crippen LogP contribution in [0.4, 0.5) is 0 Å². The number of hydrogen-bond donors (Lipinski definition) is 0. The van der Waals surface area contributed by atoms with Crippen molar-refractivity contribution in [3.8, 4) is 0 Å². The molecule has 0 spiro atoms. The van der Waals surface area contributed by atoms with Crippen LogP contribution < -0.4 is 0 Å². The second-order valence-corrected chi connectivity index (χ2v) is 8.30. The first kappa shape index (κ1) is 16.6. The van der Waals surface area contributed by atoms with Crippen molar-refractivity contribution in [3.05, 3.63) is 24.3 Å². The molecule has 0 saturated heterocycles. The van der Waals surface area contributed by atoms with Gasteiger partial charge in [0.25, 0.3) is 0 Å². The van der Waals surface area contributed by atoms with Crippen LogP contribution in [-0.4, -0.2) is 27.1 Å². The first-order valence-electron chi connectivity index (χ1n) is 7.22. The topological polar surface area (TPSA) is 27.7 Å². The molecule has 110 valence electrons. The van der Waals surface area contributed by atoms with Crippen LogP contribution in [0.1, 0.15) is 48.0 Å². The van der Waals surface area contributed by atoms with Gasteiger partial charge in [-0.2, -0.15) is 0 Å². The maximum atomic E-state index is 6.19. The highest BCUT2D eigenvalue weighted by Crippen LogP contribution is 2.34. The Morgan fingerprint density at radius 2 is 1.16 bits per heavy atom. The van der Waals surface area contributed by atoms with Crippen molar-refractivity contribution in [1.29, 1.82) is 0 Å². The zero-order chi connectivity index (χ0) is 14.5. The average molecular weight is 284 g/mol. The molecule has 1 aliphatic rings. The van der Waals surface area contributed by atoms with E-state index in [0.29, 0.717) is 0 Å². The van der Waals surface area contributed by atoms with Crippen LogP contribution in [0.5, 0.6) is 0 Å². The van der Waals surface area contributed by atoms with Crippen LogP contribution in [0.3, 0.4) is 0 Å². The molecule has 0 saturated carbocycles. The second kappa shape index (κ2) is 7.38. The van der Waals surface area contributed by atoms with Crippen molar-refractivity contribution < 1.29 is 13.3 Å². The highest BCUT2D eigenvalue weighted by atomic mass is 28.4. The molecule has 0 aromatic carbocycles. The Kier molecular flexibility index (Phi) is 6.46. The van der Waals surface area contributed by atoms with Gasteiger partial charge in [-0.3, -0.25) is 0 Å². The smallest absolute Gasteiger partial charge is 0.370 e. The summed E-state index contributed by atoms with van der Waals surface area (Å²) < 4.78 is 18.6. The molecule has 4 heteroatoms. The molecule has 1 rings (SSSR count). The van der Waals surface area contributed by atoms with E-state index in [0.717, 1.165) is 6.42 Å². The Balaban J connectivity index is 3.03. The predicted molar refractivity (Wildman–Crippen MR) is 81.1 cm³/mol. The Hall–Kier alpha value is -0.423. The highest BCUT2D eigenvalue weighted by Gasteiger charge is 2.50. The molecule has 0 heterocycles. The molecule has 0 aliphatic heterocycles. The van der Waals surface area contributed by atoms with Crippen LogP contribution in [0.25, 0.3) is 0 Å². The van der Waals surface area contributed by atoms with E-state index in [-0.39, 0.29) is 23.9 Å². The third-order valence-corrected chi connectivity index (χ3v) is 6.17. The quantitative estimate of drug-likeness (QED) is 0.520. The fourth-order valence-corrected chi connectivity index (χ4v) is 5.49. The first-order valence-corrected chi connectivity index (χ1v) is 9.02. The largest absolute Gasteiger partial charge is 0.512 e. The van der Waals surface area contributed by atoms with Crippen LogP contribution >= 0.6 is 0 Å². The molecule has 0 N–H and O–H groups in total. The van der Waals surface area contributed by atoms with Gasteiger partial charge < -0.3 is 13.3 Å². The predicted octanol–water partition coefficient (Wildman–Crippen LogP) is 4.09. The molecule has 0 radical (unpaired) electrons. The maximum absolute atomic E-state index is 6.19. The summed E-state index contributed by atoms with van der Waals surface area (Å²) >= 11 is 0. The molecule has 0 aromatic rings. The third-order valence-electron chi connectivity index (χ3n) is 2.57. The molecule has 1 aliphatic carbocycles. The van der Waals surface area contributed by atoms with E-state index in [1.54, 1.807) is 0 Å². The van der Waals surface area contributed by atoms with Gasteiger partial charge >= 0.3 is 8.80 Å². The summed E-state index contributed by atoms with van der Waals surface area (Å²) in [6, 6.07) is 0. The minimum atomic E-state index is -2.76. The lowest BCUT2D eigenvalue weighted by atomic mass is 10.2. The molecule has 19 heavy (non-hydrogen) atoms. The SMILES string of the molecule is CC(C)O[Si](OC(C)C)(OC(C)C)C1C=CCC=C1. The van der Waals surface area contributed by atoms with Crippen molar-refractivity contribution in [2.24, 2.45) is 0 Å². The van der Waals surface area contributed by atoms with Gasteiger partial charge in [0.1, 0.15) is 0 Å². The Labute approximate surface area is 119 Å². The van der Waals surface area contributed by atoms with Crippen LogP contribution in [0.2, 0.25) is 5.54 Å². The fourth-order valence-electron chi connectivity index (χ4n) is 2.13. The van der Waals surface area contributed by atoms with E-state index in [2.05, 4.69) is 24.3 Å². The first-order chi connectivity index (χ1) is 8.85. The van der Waals surface area contributed by atoms with Crippen LogP contribution in [-0.2, 0) is 13.3 Å². The minimum absolute atomic E-state index is 0.0906. The van der Waals surface area contributed by atoms with Gasteiger partial charge in [-0.05, 0) is 48.0 Å². The molecule has 0 aromatic heterocycles. The maximum Gasteiger partial charge on any atom is 0.512 e. The second-order valence-electron chi connectivity index (χ2n) is 5.72. The summed E-state index contributed by atoms with van der Waals surface area (Å²) in [6.45, 7) is 12.2. The van der Waals surface area contributed by atoms with Crippen LogP contribution in [0, 0.1) is 0 Å². The standard InChI is InChI=1S/C15H28O3Si/c1-12(2)16-19(17-13(3)4,18-14(5)6)15-10-8-7-9-11-15/h8-15H,7H2,1-6H3. The van der Waals surface area contributed by atoms with E-state index < -0.39 is 8.80 Å². The Bertz CT molecular complexity index is 283. The van der Waals surface area contributed by atoms with E-state index in [9.17, 15) is 0 Å². The normalized spacial score (nSPS) is 17.1. The fraction of sp³-hybridized carbons (Fsp3) is 0.733. The number of allylic oxidation sites excluding steroid dienone is 4.